The van der Waals surface area contributed by atoms with Crippen LogP contribution in [0.1, 0.15) is 37.1 Å². The summed E-state index contributed by atoms with van der Waals surface area (Å²) in [4.78, 5) is 0. The average Bonchev–Trinajstić information content (AvgIpc) is 2.48. The highest BCUT2D eigenvalue weighted by Gasteiger charge is 2.13. The summed E-state index contributed by atoms with van der Waals surface area (Å²) in [6, 6.07) is 14.1. The Kier molecular flexibility index (Phi) is 5.26. The number of hydrogen-bond donors (Lipinski definition) is 2. The second-order valence-electron chi connectivity index (χ2n) is 5.09. The number of rotatable bonds is 5. The standard InChI is InChI=1S/C17H20BrNO2/c1-11(13-4-7-15(18)8-5-13)19-12(2)14-6-9-16(20)17(10-14)21-3/h4-12,19-20H,1-3H3. The third-order valence-electron chi connectivity index (χ3n) is 3.57. The minimum atomic E-state index is 0.151. The van der Waals surface area contributed by atoms with Crippen LogP contribution in [-0.2, 0) is 0 Å². The third-order valence-corrected chi connectivity index (χ3v) is 4.10. The molecule has 2 N–H and O–H groups in total. The van der Waals surface area contributed by atoms with Gasteiger partial charge in [-0.3, -0.25) is 0 Å². The van der Waals surface area contributed by atoms with Crippen LogP contribution in [-0.4, -0.2) is 12.2 Å². The quantitative estimate of drug-likeness (QED) is 0.830. The molecule has 0 saturated carbocycles. The van der Waals surface area contributed by atoms with Crippen LogP contribution < -0.4 is 10.1 Å². The van der Waals surface area contributed by atoms with Crippen LogP contribution in [0.3, 0.4) is 0 Å². The lowest BCUT2D eigenvalue weighted by molar-refractivity contribution is 0.371. The van der Waals surface area contributed by atoms with E-state index < -0.39 is 0 Å². The van der Waals surface area contributed by atoms with Gasteiger partial charge in [-0.05, 0) is 49.2 Å². The first-order valence-corrected chi connectivity index (χ1v) is 7.69. The van der Waals surface area contributed by atoms with Crippen LogP contribution >= 0.6 is 15.9 Å². The van der Waals surface area contributed by atoms with Crippen LogP contribution in [0.5, 0.6) is 11.5 Å². The molecule has 0 saturated heterocycles. The molecule has 0 aliphatic heterocycles. The number of nitrogens with one attached hydrogen (secondary N) is 1. The number of phenols is 1. The van der Waals surface area contributed by atoms with Crippen molar-refractivity contribution in [1.82, 2.24) is 5.32 Å². The zero-order chi connectivity index (χ0) is 15.4. The van der Waals surface area contributed by atoms with E-state index in [0.717, 1.165) is 10.0 Å². The Bertz CT molecular complexity index is 598. The van der Waals surface area contributed by atoms with Gasteiger partial charge in [-0.15, -0.1) is 0 Å². The fourth-order valence-corrected chi connectivity index (χ4v) is 2.55. The van der Waals surface area contributed by atoms with Crippen molar-refractivity contribution >= 4 is 15.9 Å². The number of phenolic OH excluding ortho intramolecular Hbond substituents is 1. The van der Waals surface area contributed by atoms with E-state index in [1.165, 1.54) is 5.56 Å². The largest absolute Gasteiger partial charge is 0.504 e. The lowest BCUT2D eigenvalue weighted by Gasteiger charge is -2.21. The van der Waals surface area contributed by atoms with Crippen molar-refractivity contribution in [3.63, 3.8) is 0 Å². The molecular weight excluding hydrogens is 330 g/mol. The molecule has 21 heavy (non-hydrogen) atoms. The van der Waals surface area contributed by atoms with E-state index in [0.29, 0.717) is 5.75 Å². The Morgan fingerprint density at radius 1 is 1.00 bits per heavy atom. The summed E-state index contributed by atoms with van der Waals surface area (Å²) < 4.78 is 6.23. The number of ether oxygens (including phenoxy) is 1. The van der Waals surface area contributed by atoms with E-state index in [1.54, 1.807) is 13.2 Å². The van der Waals surface area contributed by atoms with Gasteiger partial charge in [0, 0.05) is 16.6 Å². The van der Waals surface area contributed by atoms with Gasteiger partial charge in [0.25, 0.3) is 0 Å². The number of methoxy groups -OCH3 is 1. The summed E-state index contributed by atoms with van der Waals surface area (Å²) in [7, 11) is 1.56. The normalized spacial score (nSPS) is 13.7. The first kappa shape index (κ1) is 15.9. The van der Waals surface area contributed by atoms with Gasteiger partial charge in [0.15, 0.2) is 11.5 Å². The molecule has 0 heterocycles. The summed E-state index contributed by atoms with van der Waals surface area (Å²) in [5, 5.41) is 13.2. The van der Waals surface area contributed by atoms with Gasteiger partial charge in [-0.1, -0.05) is 34.1 Å². The van der Waals surface area contributed by atoms with Gasteiger partial charge in [-0.2, -0.15) is 0 Å². The highest BCUT2D eigenvalue weighted by Crippen LogP contribution is 2.29. The molecule has 4 heteroatoms. The predicted molar refractivity (Wildman–Crippen MR) is 88.8 cm³/mol. The number of aromatic hydroxyl groups is 1. The van der Waals surface area contributed by atoms with E-state index in [-0.39, 0.29) is 17.8 Å². The van der Waals surface area contributed by atoms with E-state index in [2.05, 4.69) is 47.2 Å². The van der Waals surface area contributed by atoms with E-state index >= 15 is 0 Å². The van der Waals surface area contributed by atoms with Gasteiger partial charge in [0.05, 0.1) is 7.11 Å². The lowest BCUT2D eigenvalue weighted by atomic mass is 10.0. The number of benzene rings is 2. The zero-order valence-corrected chi connectivity index (χ0v) is 14.0. The molecule has 0 bridgehead atoms. The molecule has 0 aliphatic carbocycles. The molecule has 2 aromatic carbocycles. The minimum Gasteiger partial charge on any atom is -0.504 e. The van der Waals surface area contributed by atoms with Crippen molar-refractivity contribution in [3.05, 3.63) is 58.1 Å². The van der Waals surface area contributed by atoms with Gasteiger partial charge < -0.3 is 15.2 Å². The highest BCUT2D eigenvalue weighted by atomic mass is 79.9. The maximum absolute atomic E-state index is 9.65. The van der Waals surface area contributed by atoms with Crippen LogP contribution in [0, 0.1) is 0 Å². The molecule has 2 atom stereocenters. The van der Waals surface area contributed by atoms with E-state index in [9.17, 15) is 5.11 Å². The molecule has 0 fully saturated rings. The monoisotopic (exact) mass is 349 g/mol. The fourth-order valence-electron chi connectivity index (χ4n) is 2.28. The molecule has 112 valence electrons. The van der Waals surface area contributed by atoms with Crippen molar-refractivity contribution in [2.75, 3.05) is 7.11 Å². The average molecular weight is 350 g/mol. The predicted octanol–water partition coefficient (Wildman–Crippen LogP) is 4.58. The maximum Gasteiger partial charge on any atom is 0.160 e. The van der Waals surface area contributed by atoms with Crippen molar-refractivity contribution in [3.8, 4) is 11.5 Å². The van der Waals surface area contributed by atoms with Gasteiger partial charge in [-0.25, -0.2) is 0 Å². The summed E-state index contributed by atoms with van der Waals surface area (Å²) in [5.74, 6) is 0.659. The molecule has 0 aliphatic rings. The molecule has 0 radical (unpaired) electrons. The molecule has 0 aromatic heterocycles. The summed E-state index contributed by atoms with van der Waals surface area (Å²) in [6.45, 7) is 4.23. The zero-order valence-electron chi connectivity index (χ0n) is 12.4. The van der Waals surface area contributed by atoms with Gasteiger partial charge in [0.2, 0.25) is 0 Å². The Morgan fingerprint density at radius 3 is 2.19 bits per heavy atom. The number of halogens is 1. The minimum absolute atomic E-state index is 0.151. The van der Waals surface area contributed by atoms with Crippen molar-refractivity contribution in [2.24, 2.45) is 0 Å². The Hall–Kier alpha value is -1.52. The molecule has 0 spiro atoms. The lowest BCUT2D eigenvalue weighted by Crippen LogP contribution is -2.22. The van der Waals surface area contributed by atoms with Crippen LogP contribution in [0.25, 0.3) is 0 Å². The van der Waals surface area contributed by atoms with Crippen molar-refractivity contribution in [2.45, 2.75) is 25.9 Å². The first-order chi connectivity index (χ1) is 10.0. The smallest absolute Gasteiger partial charge is 0.160 e. The summed E-state index contributed by atoms with van der Waals surface area (Å²) >= 11 is 3.45. The third kappa shape index (κ3) is 3.99. The van der Waals surface area contributed by atoms with Crippen molar-refractivity contribution in [1.29, 1.82) is 0 Å². The van der Waals surface area contributed by atoms with E-state index in [1.807, 2.05) is 24.3 Å². The molecule has 2 unspecified atom stereocenters. The van der Waals surface area contributed by atoms with Gasteiger partial charge in [0.1, 0.15) is 0 Å². The molecular formula is C17H20BrNO2. The van der Waals surface area contributed by atoms with Crippen LogP contribution in [0.2, 0.25) is 0 Å². The Labute approximate surface area is 134 Å². The highest BCUT2D eigenvalue weighted by molar-refractivity contribution is 9.10. The SMILES string of the molecule is COc1cc(C(C)NC(C)c2ccc(Br)cc2)ccc1O. The molecule has 3 nitrogen and oxygen atoms in total. The number of hydrogen-bond acceptors (Lipinski definition) is 3. The second-order valence-corrected chi connectivity index (χ2v) is 6.01. The topological polar surface area (TPSA) is 41.5 Å². The van der Waals surface area contributed by atoms with E-state index in [4.69, 9.17) is 4.74 Å². The molecule has 2 aromatic rings. The fraction of sp³-hybridized carbons (Fsp3) is 0.294. The Balaban J connectivity index is 2.10. The van der Waals surface area contributed by atoms with Crippen molar-refractivity contribution < 1.29 is 9.84 Å². The first-order valence-electron chi connectivity index (χ1n) is 6.89. The molecule has 2 rings (SSSR count). The van der Waals surface area contributed by atoms with Crippen LogP contribution in [0.15, 0.2) is 46.9 Å². The maximum atomic E-state index is 9.65. The van der Waals surface area contributed by atoms with Gasteiger partial charge >= 0.3 is 0 Å². The molecule has 0 amide bonds. The second kappa shape index (κ2) is 6.96. The summed E-state index contributed by atoms with van der Waals surface area (Å²) in [5.41, 5.74) is 2.31. The summed E-state index contributed by atoms with van der Waals surface area (Å²) in [6.07, 6.45) is 0. The van der Waals surface area contributed by atoms with Crippen LogP contribution in [0.4, 0.5) is 0 Å². The Morgan fingerprint density at radius 2 is 1.57 bits per heavy atom.